The van der Waals surface area contributed by atoms with Gasteiger partial charge in [0.25, 0.3) is 0 Å². The highest BCUT2D eigenvalue weighted by Gasteiger charge is 2.31. The van der Waals surface area contributed by atoms with Crippen LogP contribution in [0.5, 0.6) is 5.75 Å². The van der Waals surface area contributed by atoms with Crippen molar-refractivity contribution in [2.45, 2.75) is 13.0 Å². The molecule has 0 unspecified atom stereocenters. The van der Waals surface area contributed by atoms with Crippen molar-refractivity contribution >= 4 is 11.1 Å². The maximum Gasteiger partial charge on any atom is 0.573 e. The Morgan fingerprint density at radius 1 is 1.38 bits per heavy atom. The minimum atomic E-state index is -4.74. The summed E-state index contributed by atoms with van der Waals surface area (Å²) < 4.78 is 44.4. The molecule has 0 bridgehead atoms. The summed E-state index contributed by atoms with van der Waals surface area (Å²) in [4.78, 5) is 3.76. The summed E-state index contributed by atoms with van der Waals surface area (Å²) in [6.45, 7) is -0.413. The molecule has 2 aromatic rings. The number of aliphatic hydroxyl groups excluding tert-OH is 1. The number of oxazole rings is 1. The number of rotatable bonds is 2. The fourth-order valence-electron chi connectivity index (χ4n) is 1.22. The van der Waals surface area contributed by atoms with Gasteiger partial charge in [-0.25, -0.2) is 4.98 Å². The van der Waals surface area contributed by atoms with E-state index in [1.165, 1.54) is 6.07 Å². The maximum atomic E-state index is 11.9. The number of halogens is 3. The Morgan fingerprint density at radius 3 is 2.75 bits per heavy atom. The zero-order valence-corrected chi connectivity index (χ0v) is 7.78. The van der Waals surface area contributed by atoms with Gasteiger partial charge in [0.15, 0.2) is 5.58 Å². The van der Waals surface area contributed by atoms with E-state index >= 15 is 0 Å². The monoisotopic (exact) mass is 233 g/mol. The summed E-state index contributed by atoms with van der Waals surface area (Å²) in [6, 6.07) is 3.50. The zero-order chi connectivity index (χ0) is 11.8. The molecule has 0 radical (unpaired) electrons. The van der Waals surface area contributed by atoms with Crippen LogP contribution in [-0.4, -0.2) is 16.5 Å². The predicted octanol–water partition coefficient (Wildman–Crippen LogP) is 2.22. The Bertz CT molecular complexity index is 506. The van der Waals surface area contributed by atoms with Crippen molar-refractivity contribution in [2.24, 2.45) is 0 Å². The fourth-order valence-corrected chi connectivity index (χ4v) is 1.22. The Morgan fingerprint density at radius 2 is 2.12 bits per heavy atom. The summed E-state index contributed by atoms with van der Waals surface area (Å²) in [5, 5.41) is 8.73. The van der Waals surface area contributed by atoms with E-state index < -0.39 is 13.0 Å². The molecule has 2 rings (SSSR count). The first kappa shape index (κ1) is 10.7. The third-order valence-electron chi connectivity index (χ3n) is 1.77. The number of hydrogen-bond donors (Lipinski definition) is 1. The van der Waals surface area contributed by atoms with E-state index in [4.69, 9.17) is 9.52 Å². The Kier molecular flexibility index (Phi) is 2.47. The van der Waals surface area contributed by atoms with Gasteiger partial charge in [-0.05, 0) is 12.1 Å². The molecule has 0 fully saturated rings. The molecule has 1 aromatic heterocycles. The molecular formula is C9H6F3NO3. The third-order valence-corrected chi connectivity index (χ3v) is 1.77. The van der Waals surface area contributed by atoms with Gasteiger partial charge in [-0.15, -0.1) is 13.2 Å². The van der Waals surface area contributed by atoms with Crippen molar-refractivity contribution in [2.75, 3.05) is 0 Å². The molecule has 0 amide bonds. The number of hydrogen-bond acceptors (Lipinski definition) is 4. The van der Waals surface area contributed by atoms with Gasteiger partial charge < -0.3 is 14.3 Å². The minimum Gasteiger partial charge on any atom is -0.438 e. The van der Waals surface area contributed by atoms with Crippen molar-refractivity contribution in [3.05, 3.63) is 24.1 Å². The molecule has 16 heavy (non-hydrogen) atoms. The molecule has 86 valence electrons. The average molecular weight is 233 g/mol. The first-order chi connectivity index (χ1) is 7.48. The average Bonchev–Trinajstić information content (AvgIpc) is 2.57. The quantitative estimate of drug-likeness (QED) is 0.863. The SMILES string of the molecule is OCc1nc2cc(OC(F)(F)F)ccc2o1. The second kappa shape index (κ2) is 3.67. The van der Waals surface area contributed by atoms with Gasteiger partial charge in [0.2, 0.25) is 5.89 Å². The van der Waals surface area contributed by atoms with Crippen LogP contribution in [0.1, 0.15) is 5.89 Å². The molecule has 1 N–H and O–H groups in total. The number of benzene rings is 1. The second-order valence-electron chi connectivity index (χ2n) is 2.94. The van der Waals surface area contributed by atoms with Gasteiger partial charge in [-0.1, -0.05) is 0 Å². The number of ether oxygens (including phenoxy) is 1. The molecule has 1 heterocycles. The molecular weight excluding hydrogens is 227 g/mol. The van der Waals surface area contributed by atoms with E-state index in [0.29, 0.717) is 5.58 Å². The maximum absolute atomic E-state index is 11.9. The third kappa shape index (κ3) is 2.25. The van der Waals surface area contributed by atoms with Crippen LogP contribution in [0.15, 0.2) is 22.6 Å². The summed E-state index contributed by atoms with van der Waals surface area (Å²) in [7, 11) is 0. The van der Waals surface area contributed by atoms with Crippen LogP contribution < -0.4 is 4.74 Å². The predicted molar refractivity (Wildman–Crippen MR) is 46.6 cm³/mol. The Labute approximate surface area is 87.3 Å². The lowest BCUT2D eigenvalue weighted by molar-refractivity contribution is -0.274. The summed E-state index contributed by atoms with van der Waals surface area (Å²) in [6.07, 6.45) is -4.74. The van der Waals surface area contributed by atoms with E-state index in [0.717, 1.165) is 12.1 Å². The van der Waals surface area contributed by atoms with Crippen molar-refractivity contribution < 1.29 is 27.4 Å². The number of aromatic nitrogens is 1. The van der Waals surface area contributed by atoms with Crippen LogP contribution in [0, 0.1) is 0 Å². The molecule has 1 aromatic carbocycles. The van der Waals surface area contributed by atoms with Crippen molar-refractivity contribution in [3.63, 3.8) is 0 Å². The molecule has 7 heteroatoms. The number of aliphatic hydroxyl groups is 1. The summed E-state index contributed by atoms with van der Waals surface area (Å²) in [5.74, 6) is -0.336. The molecule has 0 aliphatic heterocycles. The Hall–Kier alpha value is -1.76. The first-order valence-corrected chi connectivity index (χ1v) is 4.24. The van der Waals surface area contributed by atoms with Crippen LogP contribution >= 0.6 is 0 Å². The van der Waals surface area contributed by atoms with Gasteiger partial charge >= 0.3 is 6.36 Å². The van der Waals surface area contributed by atoms with E-state index in [9.17, 15) is 13.2 Å². The first-order valence-electron chi connectivity index (χ1n) is 4.24. The highest BCUT2D eigenvalue weighted by atomic mass is 19.4. The van der Waals surface area contributed by atoms with Crippen LogP contribution in [0.25, 0.3) is 11.1 Å². The van der Waals surface area contributed by atoms with E-state index in [-0.39, 0.29) is 17.2 Å². The van der Waals surface area contributed by atoms with Gasteiger partial charge in [0.05, 0.1) is 0 Å². The van der Waals surface area contributed by atoms with Crippen LogP contribution in [-0.2, 0) is 6.61 Å². The molecule has 0 saturated heterocycles. The van der Waals surface area contributed by atoms with Crippen molar-refractivity contribution in [3.8, 4) is 5.75 Å². The second-order valence-corrected chi connectivity index (χ2v) is 2.94. The van der Waals surface area contributed by atoms with E-state index in [1.807, 2.05) is 0 Å². The van der Waals surface area contributed by atoms with Gasteiger partial charge in [-0.3, -0.25) is 0 Å². The standard InChI is InChI=1S/C9H6F3NO3/c10-9(11,12)16-5-1-2-7-6(3-5)13-8(4-14)15-7/h1-3,14H,4H2. The highest BCUT2D eigenvalue weighted by molar-refractivity contribution is 5.74. The summed E-state index contributed by atoms with van der Waals surface area (Å²) >= 11 is 0. The lowest BCUT2D eigenvalue weighted by atomic mass is 10.3. The molecule has 0 aliphatic carbocycles. The number of fused-ring (bicyclic) bond motifs is 1. The highest BCUT2D eigenvalue weighted by Crippen LogP contribution is 2.26. The summed E-state index contributed by atoms with van der Waals surface area (Å²) in [5.41, 5.74) is 0.490. The van der Waals surface area contributed by atoms with Crippen molar-refractivity contribution in [1.29, 1.82) is 0 Å². The Balaban J connectivity index is 2.36. The molecule has 0 spiro atoms. The number of nitrogens with zero attached hydrogens (tertiary/aromatic N) is 1. The molecule has 0 atom stereocenters. The van der Waals surface area contributed by atoms with Crippen LogP contribution in [0.4, 0.5) is 13.2 Å². The fraction of sp³-hybridized carbons (Fsp3) is 0.222. The number of alkyl halides is 3. The smallest absolute Gasteiger partial charge is 0.438 e. The van der Waals surface area contributed by atoms with Crippen LogP contribution in [0.2, 0.25) is 0 Å². The molecule has 0 aliphatic rings. The van der Waals surface area contributed by atoms with Gasteiger partial charge in [-0.2, -0.15) is 0 Å². The van der Waals surface area contributed by atoms with E-state index in [1.54, 1.807) is 0 Å². The zero-order valence-electron chi connectivity index (χ0n) is 7.78. The minimum absolute atomic E-state index is 0.0409. The topological polar surface area (TPSA) is 55.5 Å². The normalized spacial score (nSPS) is 12.0. The van der Waals surface area contributed by atoms with Gasteiger partial charge in [0.1, 0.15) is 17.9 Å². The van der Waals surface area contributed by atoms with Gasteiger partial charge in [0, 0.05) is 6.07 Å². The van der Waals surface area contributed by atoms with Crippen molar-refractivity contribution in [1.82, 2.24) is 4.98 Å². The molecule has 4 nitrogen and oxygen atoms in total. The van der Waals surface area contributed by atoms with E-state index in [2.05, 4.69) is 9.72 Å². The van der Waals surface area contributed by atoms with Crippen LogP contribution in [0.3, 0.4) is 0 Å². The molecule has 0 saturated carbocycles. The largest absolute Gasteiger partial charge is 0.573 e. The lowest BCUT2D eigenvalue weighted by Gasteiger charge is -2.07. The lowest BCUT2D eigenvalue weighted by Crippen LogP contribution is -2.16.